The average Bonchev–Trinajstić information content (AvgIpc) is 2.90. The van der Waals surface area contributed by atoms with Gasteiger partial charge in [-0.25, -0.2) is 9.82 Å². The maximum absolute atomic E-state index is 13.1. The Kier molecular flexibility index (Phi) is 5.19. The molecule has 0 spiro atoms. The highest BCUT2D eigenvalue weighted by molar-refractivity contribution is 6.30. The van der Waals surface area contributed by atoms with Crippen LogP contribution in [0.4, 0.5) is 4.39 Å². The van der Waals surface area contributed by atoms with Crippen LogP contribution in [0.1, 0.15) is 27.3 Å². The molecule has 0 aliphatic rings. The molecule has 0 fully saturated rings. The van der Waals surface area contributed by atoms with Gasteiger partial charge in [-0.05, 0) is 68.4 Å². The van der Waals surface area contributed by atoms with Crippen molar-refractivity contribution in [1.82, 2.24) is 9.99 Å². The predicted molar refractivity (Wildman–Crippen MR) is 102 cm³/mol. The number of nitrogens with zero attached hydrogens (tertiary/aromatic N) is 2. The van der Waals surface area contributed by atoms with Crippen LogP contribution in [0.5, 0.6) is 0 Å². The summed E-state index contributed by atoms with van der Waals surface area (Å²) in [6, 6.07) is 14.8. The van der Waals surface area contributed by atoms with Crippen LogP contribution in [0, 0.1) is 19.7 Å². The molecule has 0 aliphatic carbocycles. The largest absolute Gasteiger partial charge is 0.318 e. The first-order chi connectivity index (χ1) is 12.5. The molecule has 1 amide bonds. The van der Waals surface area contributed by atoms with Crippen LogP contribution >= 0.6 is 11.6 Å². The lowest BCUT2D eigenvalue weighted by Gasteiger charge is -2.09. The molecular formula is C20H17ClFN3O. The number of rotatable bonds is 4. The number of hydrogen-bond acceptors (Lipinski definition) is 2. The van der Waals surface area contributed by atoms with Crippen molar-refractivity contribution in [2.75, 3.05) is 0 Å². The smallest absolute Gasteiger partial charge is 0.271 e. The maximum Gasteiger partial charge on any atom is 0.271 e. The summed E-state index contributed by atoms with van der Waals surface area (Å²) < 4.78 is 15.1. The predicted octanol–water partition coefficient (Wildman–Crippen LogP) is 4.65. The molecule has 0 unspecified atom stereocenters. The second-order valence-corrected chi connectivity index (χ2v) is 6.28. The minimum atomic E-state index is -0.315. The molecule has 0 saturated heterocycles. The van der Waals surface area contributed by atoms with E-state index in [4.69, 9.17) is 11.6 Å². The average molecular weight is 370 g/mol. The monoisotopic (exact) mass is 369 g/mol. The Bertz CT molecular complexity index is 960. The summed E-state index contributed by atoms with van der Waals surface area (Å²) in [6.45, 7) is 3.90. The molecule has 3 rings (SSSR count). The minimum absolute atomic E-state index is 0.275. The third-order valence-corrected chi connectivity index (χ3v) is 4.28. The van der Waals surface area contributed by atoms with Crippen molar-refractivity contribution in [1.29, 1.82) is 0 Å². The van der Waals surface area contributed by atoms with Crippen molar-refractivity contribution in [3.05, 3.63) is 88.0 Å². The standard InChI is InChI=1S/C20H17ClFN3O/c1-13-11-16(14(2)25(13)19-9-7-18(22)8-10-19)12-23-24-20(26)15-3-5-17(21)6-4-15/h3-12H,1-2H3,(H,24,26)/b23-12-. The second-order valence-electron chi connectivity index (χ2n) is 5.84. The van der Waals surface area contributed by atoms with E-state index in [9.17, 15) is 9.18 Å². The van der Waals surface area contributed by atoms with Gasteiger partial charge in [0.2, 0.25) is 0 Å². The van der Waals surface area contributed by atoms with E-state index in [1.807, 2.05) is 24.5 Å². The number of nitrogens with one attached hydrogen (secondary N) is 1. The van der Waals surface area contributed by atoms with Gasteiger partial charge in [0.25, 0.3) is 5.91 Å². The molecule has 0 saturated carbocycles. The van der Waals surface area contributed by atoms with E-state index >= 15 is 0 Å². The number of halogens is 2. The normalized spacial score (nSPS) is 11.1. The number of amides is 1. The summed E-state index contributed by atoms with van der Waals surface area (Å²) in [5, 5.41) is 4.60. The van der Waals surface area contributed by atoms with Gasteiger partial charge in [0.05, 0.1) is 6.21 Å². The van der Waals surface area contributed by atoms with Crippen LogP contribution < -0.4 is 5.43 Å². The fraction of sp³-hybridized carbons (Fsp3) is 0.100. The fourth-order valence-corrected chi connectivity index (χ4v) is 2.86. The van der Waals surface area contributed by atoms with E-state index in [0.29, 0.717) is 10.6 Å². The summed E-state index contributed by atoms with van der Waals surface area (Å²) in [4.78, 5) is 12.0. The lowest BCUT2D eigenvalue weighted by Crippen LogP contribution is -2.17. The molecule has 26 heavy (non-hydrogen) atoms. The summed E-state index contributed by atoms with van der Waals surface area (Å²) >= 11 is 5.81. The lowest BCUT2D eigenvalue weighted by atomic mass is 10.2. The van der Waals surface area contributed by atoms with E-state index in [0.717, 1.165) is 22.6 Å². The number of hydrogen-bond donors (Lipinski definition) is 1. The van der Waals surface area contributed by atoms with Crippen LogP contribution in [0.25, 0.3) is 5.69 Å². The Labute approximate surface area is 155 Å². The zero-order valence-electron chi connectivity index (χ0n) is 14.3. The SMILES string of the molecule is Cc1cc(/C=N\NC(=O)c2ccc(Cl)cc2)c(C)n1-c1ccc(F)cc1. The minimum Gasteiger partial charge on any atom is -0.318 e. The van der Waals surface area contributed by atoms with Gasteiger partial charge in [0.1, 0.15) is 5.82 Å². The summed E-state index contributed by atoms with van der Waals surface area (Å²) in [7, 11) is 0. The van der Waals surface area contributed by atoms with Crippen molar-refractivity contribution >= 4 is 23.7 Å². The van der Waals surface area contributed by atoms with Crippen LogP contribution in [-0.4, -0.2) is 16.7 Å². The topological polar surface area (TPSA) is 46.4 Å². The van der Waals surface area contributed by atoms with Crippen molar-refractivity contribution in [3.8, 4) is 5.69 Å². The van der Waals surface area contributed by atoms with E-state index in [1.165, 1.54) is 12.1 Å². The van der Waals surface area contributed by atoms with E-state index in [-0.39, 0.29) is 11.7 Å². The molecule has 4 nitrogen and oxygen atoms in total. The molecule has 1 heterocycles. The zero-order chi connectivity index (χ0) is 18.7. The molecule has 0 atom stereocenters. The number of benzene rings is 2. The summed E-state index contributed by atoms with van der Waals surface area (Å²) in [5.41, 5.74) is 6.63. The van der Waals surface area contributed by atoms with Gasteiger partial charge in [-0.2, -0.15) is 5.10 Å². The van der Waals surface area contributed by atoms with Gasteiger partial charge in [-0.15, -0.1) is 0 Å². The van der Waals surface area contributed by atoms with Crippen LogP contribution in [0.3, 0.4) is 0 Å². The van der Waals surface area contributed by atoms with Crippen LogP contribution in [0.15, 0.2) is 59.7 Å². The molecule has 0 aliphatic heterocycles. The number of aryl methyl sites for hydroxylation is 1. The van der Waals surface area contributed by atoms with Gasteiger partial charge in [0, 0.05) is 33.2 Å². The fourth-order valence-electron chi connectivity index (χ4n) is 2.73. The Morgan fingerprint density at radius 3 is 2.42 bits per heavy atom. The summed E-state index contributed by atoms with van der Waals surface area (Å²) in [5.74, 6) is -0.590. The molecule has 0 bridgehead atoms. The van der Waals surface area contributed by atoms with Gasteiger partial charge in [-0.1, -0.05) is 11.6 Å². The third kappa shape index (κ3) is 3.83. The van der Waals surface area contributed by atoms with Crippen molar-refractivity contribution in [2.45, 2.75) is 13.8 Å². The molecule has 0 radical (unpaired) electrons. The molecule has 1 aromatic heterocycles. The Balaban J connectivity index is 1.77. The van der Waals surface area contributed by atoms with E-state index < -0.39 is 0 Å². The van der Waals surface area contributed by atoms with Gasteiger partial charge >= 0.3 is 0 Å². The number of aromatic nitrogens is 1. The van der Waals surface area contributed by atoms with Crippen molar-refractivity contribution < 1.29 is 9.18 Å². The van der Waals surface area contributed by atoms with Crippen LogP contribution in [-0.2, 0) is 0 Å². The second kappa shape index (κ2) is 7.54. The van der Waals surface area contributed by atoms with E-state index in [2.05, 4.69) is 10.5 Å². The Morgan fingerprint density at radius 2 is 1.77 bits per heavy atom. The first-order valence-corrected chi connectivity index (χ1v) is 8.37. The third-order valence-electron chi connectivity index (χ3n) is 4.03. The molecule has 2 aromatic carbocycles. The molecule has 3 aromatic rings. The highest BCUT2D eigenvalue weighted by Crippen LogP contribution is 2.20. The zero-order valence-corrected chi connectivity index (χ0v) is 15.1. The first kappa shape index (κ1) is 17.9. The first-order valence-electron chi connectivity index (χ1n) is 7.99. The van der Waals surface area contributed by atoms with Crippen LogP contribution in [0.2, 0.25) is 5.02 Å². The van der Waals surface area contributed by atoms with Gasteiger partial charge < -0.3 is 4.57 Å². The van der Waals surface area contributed by atoms with Crippen molar-refractivity contribution in [3.63, 3.8) is 0 Å². The lowest BCUT2D eigenvalue weighted by molar-refractivity contribution is 0.0955. The molecule has 132 valence electrons. The number of hydrazone groups is 1. The Hall–Kier alpha value is -2.92. The van der Waals surface area contributed by atoms with Gasteiger partial charge in [-0.3, -0.25) is 4.79 Å². The Morgan fingerprint density at radius 1 is 1.12 bits per heavy atom. The molecule has 6 heteroatoms. The number of carbonyl (C=O) groups excluding carboxylic acids is 1. The highest BCUT2D eigenvalue weighted by Gasteiger charge is 2.10. The van der Waals surface area contributed by atoms with Gasteiger partial charge in [0.15, 0.2) is 0 Å². The quantitative estimate of drug-likeness (QED) is 0.528. The number of carbonyl (C=O) groups is 1. The molecule has 1 N–H and O–H groups in total. The maximum atomic E-state index is 13.1. The van der Waals surface area contributed by atoms with E-state index in [1.54, 1.807) is 42.6 Å². The summed E-state index contributed by atoms with van der Waals surface area (Å²) in [6.07, 6.45) is 1.59. The highest BCUT2D eigenvalue weighted by atomic mass is 35.5. The molecular weight excluding hydrogens is 353 g/mol. The van der Waals surface area contributed by atoms with Crippen molar-refractivity contribution in [2.24, 2.45) is 5.10 Å².